The second kappa shape index (κ2) is 15.0. The van der Waals surface area contributed by atoms with Crippen molar-refractivity contribution in [3.63, 3.8) is 0 Å². The molecule has 0 aromatic carbocycles. The normalized spacial score (nSPS) is 14.1. The molecule has 0 fully saturated rings. The van der Waals surface area contributed by atoms with Crippen molar-refractivity contribution >= 4 is 6.29 Å². The van der Waals surface area contributed by atoms with E-state index in [0.717, 1.165) is 6.29 Å². The summed E-state index contributed by atoms with van der Waals surface area (Å²) in [6, 6.07) is 0. The van der Waals surface area contributed by atoms with Gasteiger partial charge in [-0.3, -0.25) is 0 Å². The third-order valence-electron chi connectivity index (χ3n) is 4.72. The minimum atomic E-state index is -0.289. The van der Waals surface area contributed by atoms with Crippen molar-refractivity contribution in [2.75, 3.05) is 26.4 Å². The molecule has 5 nitrogen and oxygen atoms in total. The highest BCUT2D eigenvalue weighted by atomic mass is 16.7. The van der Waals surface area contributed by atoms with E-state index in [1.807, 2.05) is 60.6 Å². The molecule has 0 aliphatic rings. The first-order valence-electron chi connectivity index (χ1n) is 9.72. The third-order valence-corrected chi connectivity index (χ3v) is 4.72. The molecule has 160 valence electrons. The lowest BCUT2D eigenvalue weighted by Gasteiger charge is -2.31. The average Bonchev–Trinajstić information content (AvgIpc) is 2.63. The summed E-state index contributed by atoms with van der Waals surface area (Å²) >= 11 is 0. The Morgan fingerprint density at radius 2 is 1.26 bits per heavy atom. The minimum absolute atomic E-state index is 0.158. The van der Waals surface area contributed by atoms with Crippen LogP contribution in [0.2, 0.25) is 0 Å². The lowest BCUT2D eigenvalue weighted by Crippen LogP contribution is -2.36. The number of hydrogen-bond donors (Lipinski definition) is 0. The second-order valence-corrected chi connectivity index (χ2v) is 7.38. The van der Waals surface area contributed by atoms with Crippen LogP contribution >= 0.6 is 0 Å². The highest BCUT2D eigenvalue weighted by Gasteiger charge is 2.26. The summed E-state index contributed by atoms with van der Waals surface area (Å²) in [6.45, 7) is 25.3. The predicted molar refractivity (Wildman–Crippen MR) is 112 cm³/mol. The number of carbonyl (C=O) groups is 1. The highest BCUT2D eigenvalue weighted by molar-refractivity contribution is 5.50. The molecule has 0 aromatic rings. The van der Waals surface area contributed by atoms with Crippen molar-refractivity contribution in [1.29, 1.82) is 0 Å². The van der Waals surface area contributed by atoms with Crippen molar-refractivity contribution in [2.24, 2.45) is 11.8 Å². The van der Waals surface area contributed by atoms with Crippen LogP contribution in [0.15, 0.2) is 25.3 Å². The van der Waals surface area contributed by atoms with Crippen molar-refractivity contribution < 1.29 is 23.7 Å². The molecule has 2 atom stereocenters. The number of carbonyl (C=O) groups excluding carboxylic acids is 1. The molecule has 27 heavy (non-hydrogen) atoms. The lowest BCUT2D eigenvalue weighted by molar-refractivity contribution is -0.192. The van der Waals surface area contributed by atoms with Gasteiger partial charge in [0.1, 0.15) is 12.9 Å². The van der Waals surface area contributed by atoms with Crippen LogP contribution in [0.5, 0.6) is 0 Å². The summed E-state index contributed by atoms with van der Waals surface area (Å²) in [5.41, 5.74) is -0.531. The van der Waals surface area contributed by atoms with Crippen LogP contribution in [-0.4, -0.2) is 50.2 Å². The summed E-state index contributed by atoms with van der Waals surface area (Å²) in [6.07, 6.45) is 4.21. The molecule has 0 rings (SSSR count). The molecule has 0 N–H and O–H groups in total. The van der Waals surface area contributed by atoms with E-state index in [1.165, 1.54) is 0 Å². The molecule has 0 saturated carbocycles. The number of rotatable bonds is 14. The van der Waals surface area contributed by atoms with E-state index in [2.05, 4.69) is 20.1 Å². The first-order valence-corrected chi connectivity index (χ1v) is 9.72. The molecule has 0 aliphatic carbocycles. The van der Waals surface area contributed by atoms with Crippen LogP contribution in [0, 0.1) is 11.8 Å². The van der Waals surface area contributed by atoms with E-state index in [4.69, 9.17) is 18.9 Å². The highest BCUT2D eigenvalue weighted by Crippen LogP contribution is 2.22. The molecule has 0 aromatic heterocycles. The third kappa shape index (κ3) is 12.9. The van der Waals surface area contributed by atoms with Gasteiger partial charge < -0.3 is 23.7 Å². The Morgan fingerprint density at radius 3 is 1.59 bits per heavy atom. The Morgan fingerprint density at radius 1 is 0.852 bits per heavy atom. The van der Waals surface area contributed by atoms with E-state index >= 15 is 0 Å². The molecule has 5 heteroatoms. The van der Waals surface area contributed by atoms with Gasteiger partial charge in [0.15, 0.2) is 6.29 Å². The molecule has 2 unspecified atom stereocenters. The summed E-state index contributed by atoms with van der Waals surface area (Å²) in [5.74, 6) is 0.541. The van der Waals surface area contributed by atoms with Gasteiger partial charge in [0, 0.05) is 25.0 Å². The van der Waals surface area contributed by atoms with Gasteiger partial charge in [-0.25, -0.2) is 0 Å². The fourth-order valence-electron chi connectivity index (χ4n) is 1.88. The molecule has 0 bridgehead atoms. The summed E-state index contributed by atoms with van der Waals surface area (Å²) in [4.78, 5) is 10.0. The first-order chi connectivity index (χ1) is 12.5. The van der Waals surface area contributed by atoms with Crippen molar-refractivity contribution in [2.45, 2.75) is 72.9 Å². The molecule has 0 heterocycles. The topological polar surface area (TPSA) is 54.0 Å². The molecule has 0 amide bonds. The smallest absolute Gasteiger partial charge is 0.180 e. The number of hydrogen-bond acceptors (Lipinski definition) is 5. The zero-order valence-corrected chi connectivity index (χ0v) is 18.7. The maximum atomic E-state index is 10.0. The van der Waals surface area contributed by atoms with Crippen molar-refractivity contribution in [1.82, 2.24) is 0 Å². The molecule has 0 aliphatic heterocycles. The minimum Gasteiger partial charge on any atom is -0.370 e. The van der Waals surface area contributed by atoms with Gasteiger partial charge in [-0.05, 0) is 41.5 Å². The van der Waals surface area contributed by atoms with Crippen LogP contribution in [-0.2, 0) is 23.7 Å². The van der Waals surface area contributed by atoms with Crippen molar-refractivity contribution in [3.8, 4) is 0 Å². The number of aldehydes is 1. The van der Waals surface area contributed by atoms with Gasteiger partial charge in [-0.1, -0.05) is 26.0 Å². The SMILES string of the molecule is C=CC(C)C(C)(C)OCC(OCC)OCC.C=CC(C)C(C)(C)OCC=O. The standard InChI is InChI=1S/C13H26O3.C9H16O2/c1-7-11(4)13(5,6)16-10-12(14-8-2)15-9-3;1-5-8(2)9(3,4)11-7-6-10/h7,11-12H,1,8-10H2,2-6H3;5-6,8H,1,7H2,2-4H3. The van der Waals surface area contributed by atoms with Crippen LogP contribution in [0.3, 0.4) is 0 Å². The first kappa shape index (κ1) is 28.2. The van der Waals surface area contributed by atoms with Crippen LogP contribution < -0.4 is 0 Å². The van der Waals surface area contributed by atoms with E-state index in [1.54, 1.807) is 0 Å². The molecular formula is C22H42O5. The molecule has 0 radical (unpaired) electrons. The van der Waals surface area contributed by atoms with E-state index in [0.29, 0.717) is 19.8 Å². The van der Waals surface area contributed by atoms with Crippen LogP contribution in [0.25, 0.3) is 0 Å². The van der Waals surface area contributed by atoms with Gasteiger partial charge in [-0.2, -0.15) is 0 Å². The van der Waals surface area contributed by atoms with Gasteiger partial charge in [0.25, 0.3) is 0 Å². The molecule has 0 saturated heterocycles. The van der Waals surface area contributed by atoms with Gasteiger partial charge in [0.2, 0.25) is 0 Å². The Kier molecular flexibility index (Phi) is 15.6. The fraction of sp³-hybridized carbons (Fsp3) is 0.773. The van der Waals surface area contributed by atoms with Crippen molar-refractivity contribution in [3.05, 3.63) is 25.3 Å². The fourth-order valence-corrected chi connectivity index (χ4v) is 1.88. The Balaban J connectivity index is 0. The Bertz CT molecular complexity index is 398. The quantitative estimate of drug-likeness (QED) is 0.244. The summed E-state index contributed by atoms with van der Waals surface area (Å²) < 4.78 is 22.0. The van der Waals surface area contributed by atoms with Gasteiger partial charge >= 0.3 is 0 Å². The number of ether oxygens (including phenoxy) is 4. The largest absolute Gasteiger partial charge is 0.370 e. The van der Waals surface area contributed by atoms with E-state index in [-0.39, 0.29) is 35.9 Å². The monoisotopic (exact) mass is 386 g/mol. The summed E-state index contributed by atoms with van der Waals surface area (Å²) in [7, 11) is 0. The van der Waals surface area contributed by atoms with E-state index in [9.17, 15) is 4.79 Å². The maximum Gasteiger partial charge on any atom is 0.180 e. The van der Waals surface area contributed by atoms with Gasteiger partial charge in [-0.15, -0.1) is 13.2 Å². The Hall–Kier alpha value is -1.01. The Labute approximate surface area is 167 Å². The zero-order chi connectivity index (χ0) is 21.5. The molecular weight excluding hydrogens is 344 g/mol. The zero-order valence-electron chi connectivity index (χ0n) is 18.7. The van der Waals surface area contributed by atoms with Crippen LogP contribution in [0.1, 0.15) is 55.4 Å². The van der Waals surface area contributed by atoms with E-state index < -0.39 is 0 Å². The lowest BCUT2D eigenvalue weighted by atomic mass is 9.93. The summed E-state index contributed by atoms with van der Waals surface area (Å²) in [5, 5.41) is 0. The average molecular weight is 387 g/mol. The van der Waals surface area contributed by atoms with Gasteiger partial charge in [0.05, 0.1) is 17.8 Å². The maximum absolute atomic E-state index is 10.0. The molecule has 0 spiro atoms. The predicted octanol–water partition coefficient (Wildman–Crippen LogP) is 4.81. The van der Waals surface area contributed by atoms with Crippen LogP contribution in [0.4, 0.5) is 0 Å². The second-order valence-electron chi connectivity index (χ2n) is 7.38.